The third-order valence-electron chi connectivity index (χ3n) is 5.74. The quantitative estimate of drug-likeness (QED) is 0.806. The lowest BCUT2D eigenvalue weighted by Gasteiger charge is -2.44. The van der Waals surface area contributed by atoms with Crippen LogP contribution in [-0.2, 0) is 0 Å². The minimum atomic E-state index is 0.389. The molecular formula is C18H37N3. The van der Waals surface area contributed by atoms with Gasteiger partial charge in [-0.15, -0.1) is 0 Å². The molecule has 0 radical (unpaired) electrons. The molecule has 3 heteroatoms. The smallest absolute Gasteiger partial charge is 0.0248 e. The summed E-state index contributed by atoms with van der Waals surface area (Å²) < 4.78 is 0. The standard InChI is InChI=1S/C18H37N3/c1-16-15-21(14-13-20(16)2)18-12-10-8-6-4-3-5-7-9-11-17(18)19/h16-18H,3-15,19H2,1-2H3. The molecule has 1 saturated carbocycles. The zero-order chi connectivity index (χ0) is 15.1. The Labute approximate surface area is 132 Å². The molecular weight excluding hydrogens is 258 g/mol. The van der Waals surface area contributed by atoms with Gasteiger partial charge in [0.1, 0.15) is 0 Å². The van der Waals surface area contributed by atoms with E-state index in [1.165, 1.54) is 83.8 Å². The Morgan fingerprint density at radius 1 is 0.810 bits per heavy atom. The van der Waals surface area contributed by atoms with Gasteiger partial charge < -0.3 is 10.6 Å². The highest BCUT2D eigenvalue weighted by Gasteiger charge is 2.29. The van der Waals surface area contributed by atoms with Gasteiger partial charge in [-0.25, -0.2) is 0 Å². The molecule has 0 spiro atoms. The second kappa shape index (κ2) is 9.12. The fourth-order valence-corrected chi connectivity index (χ4v) is 4.03. The Bertz CT molecular complexity index is 282. The molecule has 3 nitrogen and oxygen atoms in total. The van der Waals surface area contributed by atoms with Crippen LogP contribution in [-0.4, -0.2) is 54.6 Å². The van der Waals surface area contributed by atoms with Crippen LogP contribution < -0.4 is 5.73 Å². The molecule has 0 amide bonds. The van der Waals surface area contributed by atoms with Crippen LogP contribution in [0.25, 0.3) is 0 Å². The van der Waals surface area contributed by atoms with Gasteiger partial charge in [0, 0.05) is 37.8 Å². The molecule has 1 aliphatic heterocycles. The third-order valence-corrected chi connectivity index (χ3v) is 5.74. The van der Waals surface area contributed by atoms with Gasteiger partial charge >= 0.3 is 0 Å². The van der Waals surface area contributed by atoms with Gasteiger partial charge in [0.05, 0.1) is 0 Å². The molecule has 124 valence electrons. The van der Waals surface area contributed by atoms with E-state index in [-0.39, 0.29) is 0 Å². The minimum Gasteiger partial charge on any atom is -0.326 e. The average molecular weight is 296 g/mol. The molecule has 3 unspecified atom stereocenters. The third kappa shape index (κ3) is 5.54. The number of likely N-dealkylation sites (N-methyl/N-ethyl adjacent to an activating group) is 1. The summed E-state index contributed by atoms with van der Waals surface area (Å²) in [5.74, 6) is 0. The van der Waals surface area contributed by atoms with Crippen LogP contribution in [0.1, 0.15) is 71.1 Å². The lowest BCUT2D eigenvalue weighted by Crippen LogP contribution is -2.57. The van der Waals surface area contributed by atoms with Crippen LogP contribution >= 0.6 is 0 Å². The van der Waals surface area contributed by atoms with Crippen LogP contribution in [0.5, 0.6) is 0 Å². The van der Waals surface area contributed by atoms with Crippen LogP contribution in [0, 0.1) is 0 Å². The van der Waals surface area contributed by atoms with Gasteiger partial charge in [0.25, 0.3) is 0 Å². The highest BCUT2D eigenvalue weighted by atomic mass is 15.3. The highest BCUT2D eigenvalue weighted by molar-refractivity contribution is 4.87. The first-order chi connectivity index (χ1) is 10.2. The van der Waals surface area contributed by atoms with Crippen molar-refractivity contribution in [3.05, 3.63) is 0 Å². The van der Waals surface area contributed by atoms with Gasteiger partial charge in [-0.3, -0.25) is 4.90 Å². The lowest BCUT2D eigenvalue weighted by atomic mass is 9.92. The van der Waals surface area contributed by atoms with Gasteiger partial charge in [0.2, 0.25) is 0 Å². The molecule has 0 bridgehead atoms. The van der Waals surface area contributed by atoms with Gasteiger partial charge in [0.15, 0.2) is 0 Å². The van der Waals surface area contributed by atoms with E-state index >= 15 is 0 Å². The van der Waals surface area contributed by atoms with Crippen molar-refractivity contribution in [2.45, 2.75) is 89.3 Å². The zero-order valence-corrected chi connectivity index (χ0v) is 14.4. The lowest BCUT2D eigenvalue weighted by molar-refractivity contribution is 0.0560. The summed E-state index contributed by atoms with van der Waals surface area (Å²) in [6.45, 7) is 5.96. The van der Waals surface area contributed by atoms with E-state index in [1.54, 1.807) is 0 Å². The molecule has 0 aromatic carbocycles. The van der Waals surface area contributed by atoms with Gasteiger partial charge in [-0.1, -0.05) is 51.4 Å². The molecule has 0 aromatic heterocycles. The topological polar surface area (TPSA) is 32.5 Å². The van der Waals surface area contributed by atoms with Crippen molar-refractivity contribution in [3.63, 3.8) is 0 Å². The summed E-state index contributed by atoms with van der Waals surface area (Å²) in [6, 6.07) is 1.69. The van der Waals surface area contributed by atoms with Gasteiger partial charge in [-0.2, -0.15) is 0 Å². The van der Waals surface area contributed by atoms with Crippen LogP contribution in [0.3, 0.4) is 0 Å². The normalized spacial score (nSPS) is 35.9. The zero-order valence-electron chi connectivity index (χ0n) is 14.4. The molecule has 2 rings (SSSR count). The first-order valence-corrected chi connectivity index (χ1v) is 9.38. The maximum absolute atomic E-state index is 6.61. The SMILES string of the molecule is CC1CN(C2CCCCCCCCCCC2N)CCN1C. The summed E-state index contributed by atoms with van der Waals surface area (Å²) in [5.41, 5.74) is 6.61. The molecule has 2 aliphatic rings. The first kappa shape index (κ1) is 17.2. The molecule has 1 saturated heterocycles. The van der Waals surface area contributed by atoms with E-state index in [4.69, 9.17) is 5.73 Å². The second-order valence-corrected chi connectivity index (χ2v) is 7.46. The van der Waals surface area contributed by atoms with Crippen molar-refractivity contribution in [1.29, 1.82) is 0 Å². The van der Waals surface area contributed by atoms with Crippen molar-refractivity contribution in [3.8, 4) is 0 Å². The molecule has 1 aliphatic carbocycles. The van der Waals surface area contributed by atoms with Crippen LogP contribution in [0.2, 0.25) is 0 Å². The van der Waals surface area contributed by atoms with Crippen molar-refractivity contribution in [2.24, 2.45) is 5.73 Å². The number of rotatable bonds is 1. The second-order valence-electron chi connectivity index (χ2n) is 7.46. The maximum Gasteiger partial charge on any atom is 0.0248 e. The number of hydrogen-bond donors (Lipinski definition) is 1. The summed E-state index contributed by atoms with van der Waals surface area (Å²) >= 11 is 0. The Balaban J connectivity index is 1.91. The predicted octanol–water partition coefficient (Wildman–Crippen LogP) is 3.23. The molecule has 21 heavy (non-hydrogen) atoms. The van der Waals surface area contributed by atoms with Crippen molar-refractivity contribution >= 4 is 0 Å². The summed E-state index contributed by atoms with van der Waals surface area (Å²) in [7, 11) is 2.25. The van der Waals surface area contributed by atoms with Crippen molar-refractivity contribution in [1.82, 2.24) is 9.80 Å². The summed E-state index contributed by atoms with van der Waals surface area (Å²) in [5, 5.41) is 0. The Kier molecular flexibility index (Phi) is 7.48. The van der Waals surface area contributed by atoms with Crippen molar-refractivity contribution in [2.75, 3.05) is 26.7 Å². The largest absolute Gasteiger partial charge is 0.326 e. The monoisotopic (exact) mass is 295 g/mol. The predicted molar refractivity (Wildman–Crippen MR) is 91.6 cm³/mol. The van der Waals surface area contributed by atoms with Crippen molar-refractivity contribution < 1.29 is 0 Å². The molecule has 2 N–H and O–H groups in total. The number of nitrogens with two attached hydrogens (primary N) is 1. The average Bonchev–Trinajstić information content (AvgIpc) is 2.46. The Hall–Kier alpha value is -0.120. The molecule has 2 fully saturated rings. The summed E-state index contributed by atoms with van der Waals surface area (Å²) in [6.07, 6.45) is 13.8. The number of nitrogens with zero attached hydrogens (tertiary/aromatic N) is 2. The molecule has 3 atom stereocenters. The fourth-order valence-electron chi connectivity index (χ4n) is 4.03. The highest BCUT2D eigenvalue weighted by Crippen LogP contribution is 2.22. The van der Waals surface area contributed by atoms with E-state index < -0.39 is 0 Å². The number of piperazine rings is 1. The fraction of sp³-hybridized carbons (Fsp3) is 1.00. The van der Waals surface area contributed by atoms with E-state index in [1.807, 2.05) is 0 Å². The first-order valence-electron chi connectivity index (χ1n) is 9.38. The van der Waals surface area contributed by atoms with E-state index in [2.05, 4.69) is 23.8 Å². The summed E-state index contributed by atoms with van der Waals surface area (Å²) in [4.78, 5) is 5.19. The van der Waals surface area contributed by atoms with Crippen LogP contribution in [0.4, 0.5) is 0 Å². The van der Waals surface area contributed by atoms with Gasteiger partial charge in [-0.05, 0) is 26.8 Å². The maximum atomic E-state index is 6.61. The molecule has 0 aromatic rings. The minimum absolute atomic E-state index is 0.389. The molecule has 1 heterocycles. The van der Waals surface area contributed by atoms with Crippen LogP contribution in [0.15, 0.2) is 0 Å². The Morgan fingerprint density at radius 2 is 1.38 bits per heavy atom. The number of hydrogen-bond acceptors (Lipinski definition) is 3. The Morgan fingerprint density at radius 3 is 2.00 bits per heavy atom. The van der Waals surface area contributed by atoms with E-state index in [0.717, 1.165) is 0 Å². The van der Waals surface area contributed by atoms with E-state index in [9.17, 15) is 0 Å². The van der Waals surface area contributed by atoms with E-state index in [0.29, 0.717) is 18.1 Å².